The van der Waals surface area contributed by atoms with Gasteiger partial charge in [0.25, 0.3) is 0 Å². The maximum Gasteiger partial charge on any atom is 0.213 e. The van der Waals surface area contributed by atoms with Crippen molar-refractivity contribution in [1.82, 2.24) is 0 Å². The molecular weight excluding hydrogens is 302 g/mol. The second kappa shape index (κ2) is 6.24. The first kappa shape index (κ1) is 17.9. The predicted molar refractivity (Wildman–Crippen MR) is 69.3 cm³/mol. The van der Waals surface area contributed by atoms with Crippen LogP contribution in [0.15, 0.2) is 0 Å². The molecule has 2 aliphatic heterocycles. The molecule has 10 atom stereocenters. The van der Waals surface area contributed by atoms with Crippen molar-refractivity contribution in [2.24, 2.45) is 5.73 Å². The highest BCUT2D eigenvalue weighted by Gasteiger charge is 2.61. The SMILES string of the molecule is C[C@@H]1OC(C2(O)O[C@H](CO)[C@@H](O)[C@H](O)[C@H]2N)[C@@H](O)[C@H](O)[C@@H]1O. The Morgan fingerprint density at radius 2 is 1.55 bits per heavy atom. The summed E-state index contributed by atoms with van der Waals surface area (Å²) >= 11 is 0. The summed E-state index contributed by atoms with van der Waals surface area (Å²) < 4.78 is 10.4. The number of nitrogens with two attached hydrogens (primary N) is 1. The molecule has 2 fully saturated rings. The van der Waals surface area contributed by atoms with Gasteiger partial charge in [0.2, 0.25) is 5.79 Å². The Morgan fingerprint density at radius 3 is 2.09 bits per heavy atom. The van der Waals surface area contributed by atoms with Crippen LogP contribution in [0, 0.1) is 0 Å². The average Bonchev–Trinajstić information content (AvgIpc) is 2.50. The molecule has 130 valence electrons. The molecule has 22 heavy (non-hydrogen) atoms. The van der Waals surface area contributed by atoms with Crippen molar-refractivity contribution in [1.29, 1.82) is 0 Å². The summed E-state index contributed by atoms with van der Waals surface area (Å²) in [6.45, 7) is 0.677. The van der Waals surface area contributed by atoms with Gasteiger partial charge in [-0.1, -0.05) is 0 Å². The molecule has 0 aromatic rings. The van der Waals surface area contributed by atoms with Crippen molar-refractivity contribution < 1.29 is 45.2 Å². The van der Waals surface area contributed by atoms with E-state index >= 15 is 0 Å². The molecular formula is C12H23NO9. The first-order valence-electron chi connectivity index (χ1n) is 6.97. The summed E-state index contributed by atoms with van der Waals surface area (Å²) in [6.07, 6.45) is -11.9. The Morgan fingerprint density at radius 1 is 0.955 bits per heavy atom. The zero-order valence-corrected chi connectivity index (χ0v) is 11.9. The maximum atomic E-state index is 10.6. The minimum atomic E-state index is -2.49. The van der Waals surface area contributed by atoms with E-state index in [0.29, 0.717) is 0 Å². The molecule has 9 N–H and O–H groups in total. The number of ether oxygens (including phenoxy) is 2. The highest BCUT2D eigenvalue weighted by Crippen LogP contribution is 2.36. The number of hydrogen-bond donors (Lipinski definition) is 8. The molecule has 0 aromatic heterocycles. The zero-order chi connectivity index (χ0) is 16.8. The molecule has 0 saturated carbocycles. The van der Waals surface area contributed by atoms with Gasteiger partial charge in [0.15, 0.2) is 0 Å². The maximum absolute atomic E-state index is 10.6. The lowest BCUT2D eigenvalue weighted by molar-refractivity contribution is -0.380. The van der Waals surface area contributed by atoms with E-state index in [2.05, 4.69) is 0 Å². The standard InChI is InChI=1S/C12H23NO9/c1-3-5(15)7(17)9(19)11(21-3)12(20)10(13)8(18)6(16)4(2-14)22-12/h3-11,14-20H,2,13H2,1H3/t3-,4+,5+,6+,7+,8-,9-,10+,11?,12?/m0/s1. The third-order valence-electron chi connectivity index (χ3n) is 4.36. The molecule has 0 amide bonds. The van der Waals surface area contributed by atoms with Crippen molar-refractivity contribution in [3.63, 3.8) is 0 Å². The van der Waals surface area contributed by atoms with E-state index in [-0.39, 0.29) is 0 Å². The summed E-state index contributed by atoms with van der Waals surface area (Å²) in [5.41, 5.74) is 5.68. The Bertz CT molecular complexity index is 397. The molecule has 10 nitrogen and oxygen atoms in total. The molecule has 0 bridgehead atoms. The van der Waals surface area contributed by atoms with Crippen LogP contribution in [0.4, 0.5) is 0 Å². The van der Waals surface area contributed by atoms with Crippen LogP contribution in [0.5, 0.6) is 0 Å². The third kappa shape index (κ3) is 2.65. The van der Waals surface area contributed by atoms with E-state index in [4.69, 9.17) is 20.3 Å². The molecule has 2 saturated heterocycles. The quantitative estimate of drug-likeness (QED) is 0.244. The minimum absolute atomic E-state index is 0.725. The van der Waals surface area contributed by atoms with Crippen LogP contribution in [-0.2, 0) is 9.47 Å². The molecule has 2 heterocycles. The summed E-state index contributed by atoms with van der Waals surface area (Å²) in [4.78, 5) is 0. The number of aliphatic hydroxyl groups is 7. The van der Waals surface area contributed by atoms with E-state index < -0.39 is 67.3 Å². The predicted octanol–water partition coefficient (Wildman–Crippen LogP) is -5.01. The van der Waals surface area contributed by atoms with Gasteiger partial charge in [-0.3, -0.25) is 0 Å². The van der Waals surface area contributed by atoms with Gasteiger partial charge in [0.1, 0.15) is 42.7 Å². The molecule has 0 spiro atoms. The lowest BCUT2D eigenvalue weighted by Crippen LogP contribution is -2.76. The van der Waals surface area contributed by atoms with Crippen molar-refractivity contribution >= 4 is 0 Å². The van der Waals surface area contributed by atoms with Gasteiger partial charge in [-0.25, -0.2) is 0 Å². The normalized spacial score (nSPS) is 56.9. The Labute approximate surface area is 126 Å². The van der Waals surface area contributed by atoms with E-state index in [1.165, 1.54) is 6.92 Å². The summed E-state index contributed by atoms with van der Waals surface area (Å²) in [5, 5.41) is 68.9. The summed E-state index contributed by atoms with van der Waals surface area (Å²) in [5.74, 6) is -2.49. The van der Waals surface area contributed by atoms with Gasteiger partial charge in [-0.05, 0) is 6.92 Å². The molecule has 10 heteroatoms. The third-order valence-corrected chi connectivity index (χ3v) is 4.36. The first-order chi connectivity index (χ1) is 10.1. The van der Waals surface area contributed by atoms with Crippen LogP contribution < -0.4 is 5.73 Å². The molecule has 0 aliphatic carbocycles. The average molecular weight is 325 g/mol. The highest BCUT2D eigenvalue weighted by molar-refractivity contribution is 5.07. The number of hydrogen-bond acceptors (Lipinski definition) is 10. The monoisotopic (exact) mass is 325 g/mol. The van der Waals surface area contributed by atoms with Crippen LogP contribution in [0.1, 0.15) is 6.92 Å². The highest BCUT2D eigenvalue weighted by atomic mass is 16.7. The van der Waals surface area contributed by atoms with Crippen LogP contribution in [-0.4, -0.2) is 103 Å². The molecule has 0 aromatic carbocycles. The molecule has 2 rings (SSSR count). The largest absolute Gasteiger partial charge is 0.394 e. The Hall–Kier alpha value is -0.400. The number of rotatable bonds is 2. The Balaban J connectivity index is 2.31. The summed E-state index contributed by atoms with van der Waals surface area (Å²) in [6, 6.07) is -1.58. The molecule has 0 radical (unpaired) electrons. The lowest BCUT2D eigenvalue weighted by atomic mass is 9.82. The van der Waals surface area contributed by atoms with Crippen LogP contribution in [0.2, 0.25) is 0 Å². The fourth-order valence-corrected chi connectivity index (χ4v) is 2.86. The van der Waals surface area contributed by atoms with Gasteiger partial charge < -0.3 is 51.0 Å². The van der Waals surface area contributed by atoms with Crippen molar-refractivity contribution in [3.05, 3.63) is 0 Å². The minimum Gasteiger partial charge on any atom is -0.394 e. The lowest BCUT2D eigenvalue weighted by Gasteiger charge is -2.53. The van der Waals surface area contributed by atoms with Gasteiger partial charge in [0.05, 0.1) is 18.8 Å². The van der Waals surface area contributed by atoms with Gasteiger partial charge >= 0.3 is 0 Å². The van der Waals surface area contributed by atoms with Gasteiger partial charge in [-0.15, -0.1) is 0 Å². The Kier molecular flexibility index (Phi) is 5.09. The van der Waals surface area contributed by atoms with Gasteiger partial charge in [-0.2, -0.15) is 0 Å². The van der Waals surface area contributed by atoms with E-state index in [9.17, 15) is 30.6 Å². The van der Waals surface area contributed by atoms with Gasteiger partial charge in [0, 0.05) is 0 Å². The van der Waals surface area contributed by atoms with E-state index in [1.807, 2.05) is 0 Å². The topological polar surface area (TPSA) is 186 Å². The molecule has 2 unspecified atom stereocenters. The van der Waals surface area contributed by atoms with Crippen LogP contribution >= 0.6 is 0 Å². The van der Waals surface area contributed by atoms with Crippen molar-refractivity contribution in [2.75, 3.05) is 6.61 Å². The fourth-order valence-electron chi connectivity index (χ4n) is 2.86. The summed E-state index contributed by atoms with van der Waals surface area (Å²) in [7, 11) is 0. The number of aliphatic hydroxyl groups excluding tert-OH is 6. The fraction of sp³-hybridized carbons (Fsp3) is 1.00. The second-order valence-corrected chi connectivity index (χ2v) is 5.83. The zero-order valence-electron chi connectivity index (χ0n) is 11.9. The van der Waals surface area contributed by atoms with Crippen LogP contribution in [0.25, 0.3) is 0 Å². The molecule has 2 aliphatic rings. The van der Waals surface area contributed by atoms with Crippen LogP contribution in [0.3, 0.4) is 0 Å². The van der Waals surface area contributed by atoms with E-state index in [1.54, 1.807) is 0 Å². The second-order valence-electron chi connectivity index (χ2n) is 5.83. The van der Waals surface area contributed by atoms with E-state index in [0.717, 1.165) is 0 Å². The van der Waals surface area contributed by atoms with Crippen molar-refractivity contribution in [2.45, 2.75) is 67.6 Å². The smallest absolute Gasteiger partial charge is 0.213 e. The first-order valence-corrected chi connectivity index (χ1v) is 6.97. The van der Waals surface area contributed by atoms with Crippen molar-refractivity contribution in [3.8, 4) is 0 Å².